The third-order valence-electron chi connectivity index (χ3n) is 0.101. The minimum absolute atomic E-state index is 0. The van der Waals surface area contributed by atoms with Crippen molar-refractivity contribution in [3.63, 3.8) is 0 Å². The lowest BCUT2D eigenvalue weighted by Gasteiger charge is -1.59. The lowest BCUT2D eigenvalue weighted by atomic mass is 10.8. The molecule has 0 unspecified atom stereocenters. The third kappa shape index (κ3) is 10.1. The second kappa shape index (κ2) is 4.36. The first kappa shape index (κ1) is 9.02. The molecular formula is C2H6O3Si. The lowest BCUT2D eigenvalue weighted by molar-refractivity contribution is -0.143. The Labute approximate surface area is 39.0 Å². The summed E-state index contributed by atoms with van der Waals surface area (Å²) in [6.07, 6.45) is -0.167. The van der Waals surface area contributed by atoms with Gasteiger partial charge in [0.2, 0.25) is 6.29 Å². The van der Waals surface area contributed by atoms with Crippen molar-refractivity contribution in [2.24, 2.45) is 0 Å². The number of carboxylic acids is 1. The zero-order valence-electron chi connectivity index (χ0n) is 2.34. The van der Waals surface area contributed by atoms with Crippen molar-refractivity contribution in [2.45, 2.75) is 0 Å². The highest BCUT2D eigenvalue weighted by molar-refractivity contribution is 6.19. The monoisotopic (exact) mass is 106 g/mol. The van der Waals surface area contributed by atoms with Gasteiger partial charge in [-0.05, 0) is 11.0 Å². The molecule has 0 aliphatic carbocycles. The molecule has 0 aromatic rings. The first-order valence-electron chi connectivity index (χ1n) is 0.952. The van der Waals surface area contributed by atoms with E-state index in [0.717, 1.165) is 0 Å². The first-order valence-corrected chi connectivity index (χ1v) is 0.952. The van der Waals surface area contributed by atoms with E-state index in [4.69, 9.17) is 14.7 Å². The molecule has 0 bridgehead atoms. The number of hydrogen-bond donors (Lipinski definition) is 1. The summed E-state index contributed by atoms with van der Waals surface area (Å²) in [5.41, 5.74) is 0. The Bertz CT molecular complexity index is 59.8. The number of aliphatic carboxylic acids is 1. The lowest BCUT2D eigenvalue weighted by Crippen LogP contribution is -1.91. The van der Waals surface area contributed by atoms with Gasteiger partial charge in [-0.3, -0.25) is 4.79 Å². The Kier molecular flexibility index (Phi) is 6.55. The van der Waals surface area contributed by atoms with Crippen LogP contribution in [0.3, 0.4) is 0 Å². The van der Waals surface area contributed by atoms with Gasteiger partial charge in [-0.1, -0.05) is 0 Å². The third-order valence-corrected chi connectivity index (χ3v) is 0.101. The predicted octanol–water partition coefficient (Wildman–Crippen LogP) is -2.18. The van der Waals surface area contributed by atoms with Gasteiger partial charge in [0.15, 0.2) is 0 Å². The molecule has 0 aliphatic heterocycles. The molecule has 0 heterocycles. The first-order chi connectivity index (χ1) is 2.27. The maximum absolute atomic E-state index is 9.00. The minimum atomic E-state index is -1.43. The molecular weight excluding hydrogens is 100 g/mol. The van der Waals surface area contributed by atoms with Crippen molar-refractivity contribution in [1.82, 2.24) is 0 Å². The number of carboxylic acid groups (broad SMARTS) is 1. The van der Waals surface area contributed by atoms with Gasteiger partial charge >= 0.3 is 5.97 Å². The van der Waals surface area contributed by atoms with Crippen LogP contribution in [-0.4, -0.2) is 28.3 Å². The molecule has 0 atom stereocenters. The van der Waals surface area contributed by atoms with Crippen LogP contribution in [0.25, 0.3) is 0 Å². The van der Waals surface area contributed by atoms with Gasteiger partial charge < -0.3 is 5.11 Å². The van der Waals surface area contributed by atoms with E-state index < -0.39 is 5.97 Å². The van der Waals surface area contributed by atoms with Gasteiger partial charge in [0.05, 0.1) is 0 Å². The van der Waals surface area contributed by atoms with E-state index in [1.807, 2.05) is 0 Å². The molecule has 36 valence electrons. The van der Waals surface area contributed by atoms with Gasteiger partial charge in [0.1, 0.15) is 0 Å². The molecule has 0 fully saturated rings. The van der Waals surface area contributed by atoms with E-state index in [0.29, 0.717) is 0 Å². The van der Waals surface area contributed by atoms with Crippen LogP contribution in [0.5, 0.6) is 0 Å². The second-order valence-corrected chi connectivity index (χ2v) is 0.456. The van der Waals surface area contributed by atoms with Crippen molar-refractivity contribution in [1.29, 1.82) is 0 Å². The summed E-state index contributed by atoms with van der Waals surface area (Å²) in [6.45, 7) is 0. The molecule has 0 aromatic heterocycles. The number of carbonyl (C=O) groups excluding carboxylic acids is 1. The Morgan fingerprint density at radius 1 is 1.67 bits per heavy atom. The summed E-state index contributed by atoms with van der Waals surface area (Å²) in [5, 5.41) is 7.35. The molecule has 3 nitrogen and oxygen atoms in total. The van der Waals surface area contributed by atoms with Crippen LogP contribution in [0, 0.1) is 0 Å². The normalized spacial score (nSPS) is 5.33. The highest BCUT2D eigenvalue weighted by Crippen LogP contribution is 1.39. The molecule has 0 spiro atoms. The van der Waals surface area contributed by atoms with Gasteiger partial charge in [-0.2, -0.15) is 0 Å². The standard InChI is InChI=1S/C2H2O3.H4Si/c3-1-2(4)5;/h1H,(H,4,5);1H4. The van der Waals surface area contributed by atoms with Crippen LogP contribution >= 0.6 is 0 Å². The van der Waals surface area contributed by atoms with E-state index in [-0.39, 0.29) is 17.3 Å². The summed E-state index contributed by atoms with van der Waals surface area (Å²) in [5.74, 6) is -1.43. The molecule has 0 aromatic carbocycles. The van der Waals surface area contributed by atoms with Crippen molar-refractivity contribution in [3.8, 4) is 0 Å². The van der Waals surface area contributed by atoms with Crippen LogP contribution in [-0.2, 0) is 9.59 Å². The number of rotatable bonds is 1. The van der Waals surface area contributed by atoms with Crippen LogP contribution in [0.15, 0.2) is 0 Å². The van der Waals surface area contributed by atoms with E-state index in [2.05, 4.69) is 0 Å². The quantitative estimate of drug-likeness (QED) is 0.235. The molecule has 1 N–H and O–H groups in total. The fourth-order valence-corrected chi connectivity index (χ4v) is 0. The topological polar surface area (TPSA) is 54.4 Å². The van der Waals surface area contributed by atoms with Crippen molar-refractivity contribution in [3.05, 3.63) is 0 Å². The Balaban J connectivity index is 0. The number of hydrogen-bond acceptors (Lipinski definition) is 2. The van der Waals surface area contributed by atoms with Crippen molar-refractivity contribution in [2.75, 3.05) is 0 Å². The number of aldehydes is 1. The molecule has 0 saturated heterocycles. The van der Waals surface area contributed by atoms with Crippen LogP contribution in [0.4, 0.5) is 0 Å². The largest absolute Gasteiger partial charge is 0.476 e. The van der Waals surface area contributed by atoms with E-state index in [1.54, 1.807) is 0 Å². The average Bonchev–Trinajstić information content (AvgIpc) is 1.38. The maximum Gasteiger partial charge on any atom is 0.368 e. The van der Waals surface area contributed by atoms with Crippen LogP contribution < -0.4 is 0 Å². The smallest absolute Gasteiger partial charge is 0.368 e. The molecule has 6 heavy (non-hydrogen) atoms. The van der Waals surface area contributed by atoms with Gasteiger partial charge in [0.25, 0.3) is 0 Å². The number of carbonyl (C=O) groups is 2. The maximum atomic E-state index is 9.00. The van der Waals surface area contributed by atoms with Crippen LogP contribution in [0.2, 0.25) is 0 Å². The van der Waals surface area contributed by atoms with Gasteiger partial charge in [-0.25, -0.2) is 4.79 Å². The van der Waals surface area contributed by atoms with Gasteiger partial charge in [0, 0.05) is 0 Å². The van der Waals surface area contributed by atoms with E-state index in [1.165, 1.54) is 0 Å². The Morgan fingerprint density at radius 2 is 1.83 bits per heavy atom. The Hall–Kier alpha value is -0.643. The summed E-state index contributed by atoms with van der Waals surface area (Å²) in [7, 11) is 0. The van der Waals surface area contributed by atoms with Crippen LogP contribution in [0.1, 0.15) is 0 Å². The highest BCUT2D eigenvalue weighted by Gasteiger charge is 1.80. The minimum Gasteiger partial charge on any atom is -0.476 e. The van der Waals surface area contributed by atoms with Crippen molar-refractivity contribution >= 4 is 23.2 Å². The fraction of sp³-hybridized carbons (Fsp3) is 0. The molecule has 4 heteroatoms. The molecule has 0 aliphatic rings. The fourth-order valence-electron chi connectivity index (χ4n) is 0. The summed E-state index contributed by atoms with van der Waals surface area (Å²) < 4.78 is 0. The summed E-state index contributed by atoms with van der Waals surface area (Å²) in [6, 6.07) is 0. The second-order valence-electron chi connectivity index (χ2n) is 0.456. The highest BCUT2D eigenvalue weighted by atomic mass is 28.1. The Morgan fingerprint density at radius 3 is 1.83 bits per heavy atom. The summed E-state index contributed by atoms with van der Waals surface area (Å²) >= 11 is 0. The average molecular weight is 106 g/mol. The molecule has 0 saturated carbocycles. The SMILES string of the molecule is O=CC(=O)O.[SiH4]. The predicted molar refractivity (Wildman–Crippen MR) is 25.0 cm³/mol. The van der Waals surface area contributed by atoms with Crippen molar-refractivity contribution < 1.29 is 14.7 Å². The zero-order chi connectivity index (χ0) is 4.28. The van der Waals surface area contributed by atoms with E-state index >= 15 is 0 Å². The zero-order valence-corrected chi connectivity index (χ0v) is 2.34. The van der Waals surface area contributed by atoms with E-state index in [9.17, 15) is 0 Å². The molecule has 0 radical (unpaired) electrons. The summed E-state index contributed by atoms with van der Waals surface area (Å²) in [4.78, 5) is 17.9. The molecule has 0 amide bonds. The van der Waals surface area contributed by atoms with Gasteiger partial charge in [-0.15, -0.1) is 0 Å². The molecule has 0 rings (SSSR count).